The van der Waals surface area contributed by atoms with E-state index in [0.717, 1.165) is 13.1 Å². The van der Waals surface area contributed by atoms with Crippen LogP contribution < -0.4 is 15.5 Å². The number of para-hydroxylation sites is 2. The van der Waals surface area contributed by atoms with Crippen LogP contribution in [0.25, 0.3) is 0 Å². The molecular weight excluding hydrogens is 436 g/mol. The lowest BCUT2D eigenvalue weighted by atomic mass is 10.1. The van der Waals surface area contributed by atoms with E-state index in [1.165, 1.54) is 17.0 Å². The van der Waals surface area contributed by atoms with Crippen LogP contribution in [-0.2, 0) is 4.79 Å². The number of hydrogen-bond acceptors (Lipinski definition) is 5. The number of thiophene rings is 1. The first-order valence-corrected chi connectivity index (χ1v) is 11.8. The zero-order valence-electron chi connectivity index (χ0n) is 18.2. The second kappa shape index (κ2) is 10.8. The van der Waals surface area contributed by atoms with Crippen molar-refractivity contribution in [2.75, 3.05) is 42.9 Å². The molecule has 2 N–H and O–H groups in total. The van der Waals surface area contributed by atoms with Gasteiger partial charge in [-0.15, -0.1) is 0 Å². The average Bonchev–Trinajstić information content (AvgIpc) is 3.40. The minimum absolute atomic E-state index is 0.0297. The van der Waals surface area contributed by atoms with Crippen LogP contribution in [0.5, 0.6) is 0 Å². The molecule has 1 aromatic heterocycles. The number of nitrogens with one attached hydrogen (secondary N) is 2. The molecule has 4 rings (SSSR count). The zero-order chi connectivity index (χ0) is 23.0. The van der Waals surface area contributed by atoms with Crippen molar-refractivity contribution >= 4 is 40.4 Å². The predicted octanol–water partition coefficient (Wildman–Crippen LogP) is 3.47. The first kappa shape index (κ1) is 22.5. The highest BCUT2D eigenvalue weighted by atomic mass is 32.1. The van der Waals surface area contributed by atoms with Crippen LogP contribution in [0.3, 0.4) is 0 Å². The molecule has 0 radical (unpaired) electrons. The Morgan fingerprint density at radius 1 is 0.848 bits per heavy atom. The van der Waals surface area contributed by atoms with E-state index in [-0.39, 0.29) is 30.7 Å². The van der Waals surface area contributed by atoms with Gasteiger partial charge in [-0.25, -0.2) is 0 Å². The van der Waals surface area contributed by atoms with Crippen LogP contribution in [-0.4, -0.2) is 55.3 Å². The summed E-state index contributed by atoms with van der Waals surface area (Å²) < 4.78 is 0. The normalized spacial score (nSPS) is 13.5. The third-order valence-corrected chi connectivity index (χ3v) is 6.26. The van der Waals surface area contributed by atoms with Crippen molar-refractivity contribution in [1.82, 2.24) is 10.2 Å². The maximum Gasteiger partial charge on any atom is 0.256 e. The Labute approximate surface area is 197 Å². The summed E-state index contributed by atoms with van der Waals surface area (Å²) in [4.78, 5) is 41.8. The zero-order valence-corrected chi connectivity index (χ0v) is 19.0. The highest BCUT2D eigenvalue weighted by molar-refractivity contribution is 7.08. The van der Waals surface area contributed by atoms with Crippen molar-refractivity contribution in [2.45, 2.75) is 6.42 Å². The van der Waals surface area contributed by atoms with E-state index in [4.69, 9.17) is 0 Å². The molecule has 2 aromatic carbocycles. The SMILES string of the molecule is O=C(Nc1ccccc1C(=O)NCCC(=O)N1CCN(c2ccccc2)CC1)c1ccsc1. The topological polar surface area (TPSA) is 81.8 Å². The fourth-order valence-corrected chi connectivity index (χ4v) is 4.40. The third kappa shape index (κ3) is 5.78. The summed E-state index contributed by atoms with van der Waals surface area (Å²) in [5, 5.41) is 9.17. The molecule has 0 atom stereocenters. The lowest BCUT2D eigenvalue weighted by molar-refractivity contribution is -0.131. The van der Waals surface area contributed by atoms with Gasteiger partial charge in [0.05, 0.1) is 16.8 Å². The molecule has 0 aliphatic carbocycles. The summed E-state index contributed by atoms with van der Waals surface area (Å²) in [7, 11) is 0. The van der Waals surface area contributed by atoms with Crippen molar-refractivity contribution < 1.29 is 14.4 Å². The minimum atomic E-state index is -0.321. The quantitative estimate of drug-likeness (QED) is 0.563. The third-order valence-electron chi connectivity index (χ3n) is 5.58. The molecule has 170 valence electrons. The number of amides is 3. The molecule has 1 fully saturated rings. The Bertz CT molecular complexity index is 1090. The van der Waals surface area contributed by atoms with Gasteiger partial charge in [-0.3, -0.25) is 14.4 Å². The average molecular weight is 463 g/mol. The number of nitrogens with zero attached hydrogens (tertiary/aromatic N) is 2. The second-order valence-electron chi connectivity index (χ2n) is 7.72. The summed E-state index contributed by atoms with van der Waals surface area (Å²) >= 11 is 1.43. The Balaban J connectivity index is 1.25. The maximum absolute atomic E-state index is 12.7. The Hall–Kier alpha value is -3.65. The van der Waals surface area contributed by atoms with Gasteiger partial charge in [-0.05, 0) is 35.7 Å². The molecule has 1 saturated heterocycles. The lowest BCUT2D eigenvalue weighted by Crippen LogP contribution is -2.49. The van der Waals surface area contributed by atoms with Gasteiger partial charge < -0.3 is 20.4 Å². The highest BCUT2D eigenvalue weighted by Gasteiger charge is 2.21. The van der Waals surface area contributed by atoms with E-state index >= 15 is 0 Å². The summed E-state index contributed by atoms with van der Waals surface area (Å²) in [6.07, 6.45) is 0.237. The van der Waals surface area contributed by atoms with Crippen LogP contribution in [0.15, 0.2) is 71.4 Å². The minimum Gasteiger partial charge on any atom is -0.368 e. The molecule has 3 amide bonds. The molecule has 8 heteroatoms. The largest absolute Gasteiger partial charge is 0.368 e. The molecule has 0 spiro atoms. The number of carbonyl (C=O) groups excluding carboxylic acids is 3. The molecule has 1 aliphatic heterocycles. The van der Waals surface area contributed by atoms with Crippen molar-refractivity contribution in [3.63, 3.8) is 0 Å². The first-order valence-electron chi connectivity index (χ1n) is 10.9. The highest BCUT2D eigenvalue weighted by Crippen LogP contribution is 2.18. The van der Waals surface area contributed by atoms with Crippen molar-refractivity contribution in [1.29, 1.82) is 0 Å². The molecule has 2 heterocycles. The molecule has 0 bridgehead atoms. The molecule has 1 aliphatic rings. The number of hydrogen-bond donors (Lipinski definition) is 2. The van der Waals surface area contributed by atoms with Crippen LogP contribution >= 0.6 is 11.3 Å². The van der Waals surface area contributed by atoms with Crippen LogP contribution in [0, 0.1) is 0 Å². The number of benzene rings is 2. The van der Waals surface area contributed by atoms with Gasteiger partial charge in [0.1, 0.15) is 0 Å². The molecule has 0 unspecified atom stereocenters. The van der Waals surface area contributed by atoms with Gasteiger partial charge >= 0.3 is 0 Å². The lowest BCUT2D eigenvalue weighted by Gasteiger charge is -2.36. The van der Waals surface area contributed by atoms with E-state index in [1.807, 2.05) is 28.5 Å². The summed E-state index contributed by atoms with van der Waals surface area (Å²) in [5.41, 5.74) is 2.52. The Morgan fingerprint density at radius 3 is 2.30 bits per heavy atom. The predicted molar refractivity (Wildman–Crippen MR) is 131 cm³/mol. The van der Waals surface area contributed by atoms with E-state index < -0.39 is 0 Å². The molecular formula is C25H26N4O3S. The van der Waals surface area contributed by atoms with Gasteiger partial charge in [0.15, 0.2) is 0 Å². The second-order valence-corrected chi connectivity index (χ2v) is 8.50. The van der Waals surface area contributed by atoms with E-state index in [1.54, 1.807) is 35.7 Å². The fraction of sp³-hybridized carbons (Fsp3) is 0.240. The van der Waals surface area contributed by atoms with E-state index in [0.29, 0.717) is 29.9 Å². The van der Waals surface area contributed by atoms with Crippen LogP contribution in [0.4, 0.5) is 11.4 Å². The Morgan fingerprint density at radius 2 is 1.58 bits per heavy atom. The standard InChI is InChI=1S/C25H26N4O3S/c30-23(29-15-13-28(14-16-29)20-6-2-1-3-7-20)10-12-26-25(32)21-8-4-5-9-22(21)27-24(31)19-11-17-33-18-19/h1-9,11,17-18H,10,12-16H2,(H,26,32)(H,27,31). The van der Waals surface area contributed by atoms with Crippen LogP contribution in [0.1, 0.15) is 27.1 Å². The van der Waals surface area contributed by atoms with Gasteiger partial charge in [0, 0.05) is 50.2 Å². The first-order chi connectivity index (χ1) is 16.1. The number of piperazine rings is 1. The van der Waals surface area contributed by atoms with Gasteiger partial charge in [0.2, 0.25) is 5.91 Å². The van der Waals surface area contributed by atoms with Gasteiger partial charge in [0.25, 0.3) is 11.8 Å². The number of anilines is 2. The monoisotopic (exact) mass is 462 g/mol. The molecule has 3 aromatic rings. The van der Waals surface area contributed by atoms with Gasteiger partial charge in [-0.1, -0.05) is 30.3 Å². The summed E-state index contributed by atoms with van der Waals surface area (Å²) in [5.74, 6) is -0.554. The van der Waals surface area contributed by atoms with Crippen molar-refractivity contribution in [3.8, 4) is 0 Å². The molecule has 33 heavy (non-hydrogen) atoms. The number of rotatable bonds is 7. The summed E-state index contributed by atoms with van der Waals surface area (Å²) in [6.45, 7) is 3.15. The smallest absolute Gasteiger partial charge is 0.256 e. The van der Waals surface area contributed by atoms with Crippen LogP contribution in [0.2, 0.25) is 0 Å². The van der Waals surface area contributed by atoms with Gasteiger partial charge in [-0.2, -0.15) is 11.3 Å². The Kier molecular flexibility index (Phi) is 7.36. The fourth-order valence-electron chi connectivity index (χ4n) is 3.77. The van der Waals surface area contributed by atoms with Crippen molar-refractivity contribution in [2.24, 2.45) is 0 Å². The summed E-state index contributed by atoms with van der Waals surface area (Å²) in [6, 6.07) is 18.8. The molecule has 7 nitrogen and oxygen atoms in total. The maximum atomic E-state index is 12.7. The van der Waals surface area contributed by atoms with E-state index in [2.05, 4.69) is 27.7 Å². The van der Waals surface area contributed by atoms with E-state index in [9.17, 15) is 14.4 Å². The van der Waals surface area contributed by atoms with Crippen molar-refractivity contribution in [3.05, 3.63) is 82.6 Å². The molecule has 0 saturated carbocycles. The number of carbonyl (C=O) groups is 3.